The molecule has 0 N–H and O–H groups in total. The molecule has 0 aromatic rings. The van der Waals surface area contributed by atoms with Crippen LogP contribution in [0.5, 0.6) is 0 Å². The van der Waals surface area contributed by atoms with E-state index in [1.165, 1.54) is 32.2 Å². The molecule has 0 radical (unpaired) electrons. The van der Waals surface area contributed by atoms with E-state index in [9.17, 15) is 4.79 Å². The van der Waals surface area contributed by atoms with E-state index in [-0.39, 0.29) is 11.3 Å². The lowest BCUT2D eigenvalue weighted by molar-refractivity contribution is -0.139. The van der Waals surface area contributed by atoms with Crippen LogP contribution >= 0.6 is 0 Å². The van der Waals surface area contributed by atoms with Crippen LogP contribution in [0.15, 0.2) is 0 Å². The lowest BCUT2D eigenvalue weighted by Gasteiger charge is -2.38. The van der Waals surface area contributed by atoms with E-state index >= 15 is 0 Å². The first-order chi connectivity index (χ1) is 10.3. The summed E-state index contributed by atoms with van der Waals surface area (Å²) in [6, 6.07) is 0. The van der Waals surface area contributed by atoms with Crippen molar-refractivity contribution >= 4 is 5.91 Å². The van der Waals surface area contributed by atoms with Gasteiger partial charge in [-0.05, 0) is 44.4 Å². The highest BCUT2D eigenvalue weighted by molar-refractivity contribution is 5.80. The maximum absolute atomic E-state index is 13.0. The summed E-state index contributed by atoms with van der Waals surface area (Å²) in [7, 11) is 0. The summed E-state index contributed by atoms with van der Waals surface area (Å²) in [5.74, 6) is 1.61. The van der Waals surface area contributed by atoms with E-state index in [1.807, 2.05) is 0 Å². The van der Waals surface area contributed by atoms with E-state index in [2.05, 4.69) is 9.80 Å². The Balaban J connectivity index is 1.50. The van der Waals surface area contributed by atoms with Gasteiger partial charge in [0.15, 0.2) is 0 Å². The van der Waals surface area contributed by atoms with Gasteiger partial charge in [-0.3, -0.25) is 4.79 Å². The van der Waals surface area contributed by atoms with Crippen LogP contribution in [0.4, 0.5) is 0 Å². The zero-order chi connectivity index (χ0) is 14.3. The number of hydrogen-bond acceptors (Lipinski definition) is 3. The molecule has 4 rings (SSSR count). The summed E-state index contributed by atoms with van der Waals surface area (Å²) in [6.45, 7) is 7.05. The van der Waals surface area contributed by atoms with Crippen molar-refractivity contribution in [1.29, 1.82) is 0 Å². The maximum Gasteiger partial charge on any atom is 0.227 e. The topological polar surface area (TPSA) is 32.8 Å². The smallest absolute Gasteiger partial charge is 0.227 e. The molecule has 0 aromatic carbocycles. The van der Waals surface area contributed by atoms with Gasteiger partial charge >= 0.3 is 0 Å². The quantitative estimate of drug-likeness (QED) is 0.794. The number of carbonyl (C=O) groups is 1. The Morgan fingerprint density at radius 3 is 2.52 bits per heavy atom. The number of rotatable bonds is 3. The lowest BCUT2D eigenvalue weighted by atomic mass is 9.71. The molecule has 0 aromatic heterocycles. The van der Waals surface area contributed by atoms with Crippen LogP contribution in [0, 0.1) is 17.3 Å². The van der Waals surface area contributed by atoms with Gasteiger partial charge in [-0.1, -0.05) is 0 Å². The number of hydrogen-bond donors (Lipinski definition) is 0. The predicted octanol–water partition coefficient (Wildman–Crippen LogP) is 1.75. The zero-order valence-corrected chi connectivity index (χ0v) is 13.1. The van der Waals surface area contributed by atoms with E-state index in [4.69, 9.17) is 4.74 Å². The fourth-order valence-electron chi connectivity index (χ4n) is 4.66. The normalized spacial score (nSPS) is 33.0. The Bertz CT molecular complexity index is 396. The summed E-state index contributed by atoms with van der Waals surface area (Å²) in [4.78, 5) is 17.8. The van der Waals surface area contributed by atoms with Crippen LogP contribution in [-0.4, -0.2) is 61.6 Å². The molecule has 3 saturated heterocycles. The first-order valence-electron chi connectivity index (χ1n) is 8.86. The number of carbonyl (C=O) groups excluding carboxylic acids is 1. The summed E-state index contributed by atoms with van der Waals surface area (Å²) in [5.41, 5.74) is 0.215. The molecule has 1 atom stereocenters. The number of amides is 1. The lowest BCUT2D eigenvalue weighted by Crippen LogP contribution is -2.45. The summed E-state index contributed by atoms with van der Waals surface area (Å²) < 4.78 is 5.60. The molecule has 118 valence electrons. The highest BCUT2D eigenvalue weighted by Gasteiger charge is 2.52. The molecule has 0 unspecified atom stereocenters. The average molecular weight is 292 g/mol. The molecule has 1 spiro atoms. The molecular formula is C17H28N2O2. The molecule has 4 nitrogen and oxygen atoms in total. The second-order valence-electron chi connectivity index (χ2n) is 7.70. The third-order valence-electron chi connectivity index (χ3n) is 6.14. The summed E-state index contributed by atoms with van der Waals surface area (Å²) in [5, 5.41) is 0. The van der Waals surface area contributed by atoms with Gasteiger partial charge in [-0.2, -0.15) is 0 Å². The molecule has 1 saturated carbocycles. The van der Waals surface area contributed by atoms with Gasteiger partial charge in [0.05, 0.1) is 5.92 Å². The van der Waals surface area contributed by atoms with Crippen molar-refractivity contribution < 1.29 is 9.53 Å². The van der Waals surface area contributed by atoms with Crippen molar-refractivity contribution in [3.8, 4) is 0 Å². The maximum atomic E-state index is 13.0. The van der Waals surface area contributed by atoms with Gasteiger partial charge in [0.25, 0.3) is 0 Å². The number of ether oxygens (including phenoxy) is 1. The van der Waals surface area contributed by atoms with Gasteiger partial charge < -0.3 is 14.5 Å². The number of likely N-dealkylation sites (tertiary alicyclic amines) is 2. The van der Waals surface area contributed by atoms with E-state index in [1.54, 1.807) is 0 Å². The second-order valence-corrected chi connectivity index (χ2v) is 7.70. The van der Waals surface area contributed by atoms with Crippen LogP contribution in [0.2, 0.25) is 0 Å². The molecule has 3 heterocycles. The van der Waals surface area contributed by atoms with Gasteiger partial charge in [0.2, 0.25) is 5.91 Å². The average Bonchev–Trinajstić information content (AvgIpc) is 3.02. The van der Waals surface area contributed by atoms with Crippen LogP contribution in [0.3, 0.4) is 0 Å². The van der Waals surface area contributed by atoms with Crippen molar-refractivity contribution in [1.82, 2.24) is 9.80 Å². The van der Waals surface area contributed by atoms with E-state index < -0.39 is 0 Å². The largest absolute Gasteiger partial charge is 0.381 e. The molecule has 21 heavy (non-hydrogen) atoms. The van der Waals surface area contributed by atoms with Crippen LogP contribution < -0.4 is 0 Å². The Kier molecular flexibility index (Phi) is 3.70. The first kappa shape index (κ1) is 14.0. The third kappa shape index (κ3) is 2.72. The molecule has 3 aliphatic heterocycles. The Morgan fingerprint density at radius 1 is 1.14 bits per heavy atom. The zero-order valence-electron chi connectivity index (χ0n) is 13.1. The molecule has 4 aliphatic rings. The van der Waals surface area contributed by atoms with Crippen molar-refractivity contribution in [3.05, 3.63) is 0 Å². The van der Waals surface area contributed by atoms with Crippen molar-refractivity contribution in [2.75, 3.05) is 45.9 Å². The standard InChI is InChI=1S/C17H28N2O2/c20-16(19-7-1-2-8-19)15-12-18(11-14-3-4-14)13-17(15)5-9-21-10-6-17/h14-15H,1-13H2/t15-/m1/s1. The first-order valence-corrected chi connectivity index (χ1v) is 8.86. The SMILES string of the molecule is O=C([C@H]1CN(CC2CC2)CC12CCOCC2)N1CCCC1. The van der Waals surface area contributed by atoms with E-state index in [0.717, 1.165) is 58.2 Å². The third-order valence-corrected chi connectivity index (χ3v) is 6.14. The van der Waals surface area contributed by atoms with Crippen LogP contribution in [0.1, 0.15) is 38.5 Å². The fraction of sp³-hybridized carbons (Fsp3) is 0.941. The van der Waals surface area contributed by atoms with Gasteiger partial charge in [0.1, 0.15) is 0 Å². The minimum absolute atomic E-state index is 0.215. The van der Waals surface area contributed by atoms with Gasteiger partial charge in [-0.25, -0.2) is 0 Å². The summed E-state index contributed by atoms with van der Waals surface area (Å²) >= 11 is 0. The highest BCUT2D eigenvalue weighted by Crippen LogP contribution is 2.46. The second kappa shape index (κ2) is 5.54. The predicted molar refractivity (Wildman–Crippen MR) is 81.0 cm³/mol. The summed E-state index contributed by atoms with van der Waals surface area (Å²) in [6.07, 6.45) is 7.35. The Labute approximate surface area is 127 Å². The van der Waals surface area contributed by atoms with Crippen molar-refractivity contribution in [3.63, 3.8) is 0 Å². The molecule has 4 heteroatoms. The van der Waals surface area contributed by atoms with Crippen molar-refractivity contribution in [2.45, 2.75) is 38.5 Å². The minimum Gasteiger partial charge on any atom is -0.381 e. The highest BCUT2D eigenvalue weighted by atomic mass is 16.5. The minimum atomic E-state index is 0.215. The van der Waals surface area contributed by atoms with Gasteiger partial charge in [-0.15, -0.1) is 0 Å². The van der Waals surface area contributed by atoms with E-state index in [0.29, 0.717) is 5.91 Å². The molecule has 0 bridgehead atoms. The van der Waals surface area contributed by atoms with Crippen LogP contribution in [-0.2, 0) is 9.53 Å². The number of nitrogens with zero attached hydrogens (tertiary/aromatic N) is 2. The molecule has 1 amide bonds. The molecule has 1 aliphatic carbocycles. The Morgan fingerprint density at radius 2 is 1.86 bits per heavy atom. The van der Waals surface area contributed by atoms with Crippen molar-refractivity contribution in [2.24, 2.45) is 17.3 Å². The van der Waals surface area contributed by atoms with Crippen LogP contribution in [0.25, 0.3) is 0 Å². The fourth-order valence-corrected chi connectivity index (χ4v) is 4.66. The van der Waals surface area contributed by atoms with Gasteiger partial charge in [0, 0.05) is 51.4 Å². The molecular weight excluding hydrogens is 264 g/mol. The Hall–Kier alpha value is -0.610. The monoisotopic (exact) mass is 292 g/mol. The molecule has 4 fully saturated rings.